The summed E-state index contributed by atoms with van der Waals surface area (Å²) in [5.74, 6) is 1.97. The van der Waals surface area contributed by atoms with E-state index in [0.29, 0.717) is 17.2 Å². The average Bonchev–Trinajstić information content (AvgIpc) is 2.62. The Balaban J connectivity index is 1.83. The SMILES string of the molecule is CC1(C)CC1c1noc(C2(N)CCC2)n1. The van der Waals surface area contributed by atoms with Crippen LogP contribution in [0.4, 0.5) is 0 Å². The van der Waals surface area contributed by atoms with Gasteiger partial charge in [-0.05, 0) is 31.1 Å². The molecule has 2 aliphatic rings. The lowest BCUT2D eigenvalue weighted by molar-refractivity contribution is 0.181. The van der Waals surface area contributed by atoms with E-state index in [1.54, 1.807) is 0 Å². The first-order chi connectivity index (χ1) is 7.01. The molecule has 2 aliphatic carbocycles. The maximum Gasteiger partial charge on any atom is 0.246 e. The van der Waals surface area contributed by atoms with Gasteiger partial charge in [0, 0.05) is 5.92 Å². The zero-order valence-electron chi connectivity index (χ0n) is 9.29. The van der Waals surface area contributed by atoms with Gasteiger partial charge in [0.05, 0.1) is 5.54 Å². The van der Waals surface area contributed by atoms with Crippen LogP contribution in [0.25, 0.3) is 0 Å². The summed E-state index contributed by atoms with van der Waals surface area (Å²) in [7, 11) is 0. The summed E-state index contributed by atoms with van der Waals surface area (Å²) < 4.78 is 5.28. The number of nitrogens with zero attached hydrogens (tertiary/aromatic N) is 2. The Morgan fingerprint density at radius 2 is 2.07 bits per heavy atom. The third-order valence-electron chi connectivity index (χ3n) is 3.94. The van der Waals surface area contributed by atoms with E-state index < -0.39 is 0 Å². The van der Waals surface area contributed by atoms with Gasteiger partial charge < -0.3 is 10.3 Å². The molecule has 0 radical (unpaired) electrons. The number of nitrogens with two attached hydrogens (primary N) is 1. The molecule has 1 aromatic heterocycles. The third-order valence-corrected chi connectivity index (χ3v) is 3.94. The van der Waals surface area contributed by atoms with Crippen LogP contribution in [-0.2, 0) is 5.54 Å². The summed E-state index contributed by atoms with van der Waals surface area (Å²) in [6.45, 7) is 4.46. The first kappa shape index (κ1) is 9.33. The highest BCUT2D eigenvalue weighted by Crippen LogP contribution is 2.57. The second kappa shape index (κ2) is 2.61. The van der Waals surface area contributed by atoms with E-state index in [1.165, 1.54) is 6.42 Å². The van der Waals surface area contributed by atoms with Crippen molar-refractivity contribution in [2.75, 3.05) is 0 Å². The lowest BCUT2D eigenvalue weighted by atomic mass is 9.78. The zero-order chi connectivity index (χ0) is 10.7. The highest BCUT2D eigenvalue weighted by molar-refractivity contribution is 5.16. The number of hydrogen-bond donors (Lipinski definition) is 1. The average molecular weight is 207 g/mol. The summed E-state index contributed by atoms with van der Waals surface area (Å²) in [4.78, 5) is 4.46. The van der Waals surface area contributed by atoms with Gasteiger partial charge in [-0.15, -0.1) is 0 Å². The molecule has 1 unspecified atom stereocenters. The van der Waals surface area contributed by atoms with E-state index in [2.05, 4.69) is 24.0 Å². The Hall–Kier alpha value is -0.900. The Bertz CT molecular complexity index is 392. The fraction of sp³-hybridized carbons (Fsp3) is 0.818. The van der Waals surface area contributed by atoms with E-state index in [-0.39, 0.29) is 5.54 Å². The van der Waals surface area contributed by atoms with Crippen LogP contribution in [-0.4, -0.2) is 10.1 Å². The van der Waals surface area contributed by atoms with E-state index in [9.17, 15) is 0 Å². The molecule has 0 amide bonds. The molecule has 0 spiro atoms. The molecule has 2 fully saturated rings. The fourth-order valence-corrected chi connectivity index (χ4v) is 2.26. The lowest BCUT2D eigenvalue weighted by Crippen LogP contribution is -2.43. The summed E-state index contributed by atoms with van der Waals surface area (Å²) >= 11 is 0. The van der Waals surface area contributed by atoms with Crippen molar-refractivity contribution < 1.29 is 4.52 Å². The van der Waals surface area contributed by atoms with Gasteiger partial charge in [0.15, 0.2) is 5.82 Å². The van der Waals surface area contributed by atoms with Crippen LogP contribution in [0.2, 0.25) is 0 Å². The molecule has 15 heavy (non-hydrogen) atoms. The minimum absolute atomic E-state index is 0.315. The van der Waals surface area contributed by atoms with Crippen LogP contribution in [0.15, 0.2) is 4.52 Å². The summed E-state index contributed by atoms with van der Waals surface area (Å²) in [6, 6.07) is 0. The predicted octanol–water partition coefficient (Wildman–Crippen LogP) is 1.92. The molecule has 82 valence electrons. The van der Waals surface area contributed by atoms with Gasteiger partial charge in [-0.2, -0.15) is 4.98 Å². The smallest absolute Gasteiger partial charge is 0.246 e. The third kappa shape index (κ3) is 1.31. The molecule has 2 N–H and O–H groups in total. The van der Waals surface area contributed by atoms with Crippen LogP contribution in [0.1, 0.15) is 57.2 Å². The van der Waals surface area contributed by atoms with E-state index >= 15 is 0 Å². The van der Waals surface area contributed by atoms with Crippen molar-refractivity contribution in [1.29, 1.82) is 0 Å². The normalized spacial score (nSPS) is 31.0. The number of rotatable bonds is 2. The minimum atomic E-state index is -0.315. The second-order valence-corrected chi connectivity index (χ2v) is 5.71. The monoisotopic (exact) mass is 207 g/mol. The van der Waals surface area contributed by atoms with Gasteiger partial charge in [-0.25, -0.2) is 0 Å². The molecule has 1 aromatic rings. The Morgan fingerprint density at radius 3 is 2.53 bits per heavy atom. The second-order valence-electron chi connectivity index (χ2n) is 5.71. The van der Waals surface area contributed by atoms with Crippen LogP contribution in [0.3, 0.4) is 0 Å². The number of aromatic nitrogens is 2. The van der Waals surface area contributed by atoms with Crippen molar-refractivity contribution in [1.82, 2.24) is 10.1 Å². The summed E-state index contributed by atoms with van der Waals surface area (Å²) in [5, 5.41) is 4.06. The van der Waals surface area contributed by atoms with Crippen LogP contribution >= 0.6 is 0 Å². The molecule has 0 aromatic carbocycles. The molecule has 3 rings (SSSR count). The van der Waals surface area contributed by atoms with Crippen molar-refractivity contribution in [3.63, 3.8) is 0 Å². The van der Waals surface area contributed by atoms with Gasteiger partial charge in [-0.1, -0.05) is 19.0 Å². The highest BCUT2D eigenvalue weighted by atomic mass is 16.5. The topological polar surface area (TPSA) is 64.9 Å². The molecule has 1 atom stereocenters. The largest absolute Gasteiger partial charge is 0.337 e. The first-order valence-electron chi connectivity index (χ1n) is 5.64. The Morgan fingerprint density at radius 1 is 1.40 bits per heavy atom. The van der Waals surface area contributed by atoms with Crippen molar-refractivity contribution in [2.45, 2.75) is 51.0 Å². The van der Waals surface area contributed by atoms with E-state index in [0.717, 1.165) is 25.1 Å². The molecule has 4 nitrogen and oxygen atoms in total. The van der Waals surface area contributed by atoms with Gasteiger partial charge in [-0.3, -0.25) is 0 Å². The molecule has 4 heteroatoms. The standard InChI is InChI=1S/C11H17N3O/c1-10(2)6-7(10)8-13-9(15-14-8)11(12)4-3-5-11/h7H,3-6,12H2,1-2H3. The maximum atomic E-state index is 6.13. The van der Waals surface area contributed by atoms with Crippen LogP contribution < -0.4 is 5.73 Å². The zero-order valence-corrected chi connectivity index (χ0v) is 9.29. The summed E-state index contributed by atoms with van der Waals surface area (Å²) in [6.07, 6.45) is 4.28. The molecule has 0 aliphatic heterocycles. The van der Waals surface area contributed by atoms with Crippen LogP contribution in [0.5, 0.6) is 0 Å². The van der Waals surface area contributed by atoms with E-state index in [4.69, 9.17) is 10.3 Å². The molecule has 1 heterocycles. The predicted molar refractivity (Wildman–Crippen MR) is 55.2 cm³/mol. The molecular weight excluding hydrogens is 190 g/mol. The van der Waals surface area contributed by atoms with Gasteiger partial charge in [0.1, 0.15) is 0 Å². The Labute approximate surface area is 89.2 Å². The van der Waals surface area contributed by atoms with Crippen LogP contribution in [0, 0.1) is 5.41 Å². The van der Waals surface area contributed by atoms with Crippen molar-refractivity contribution in [3.8, 4) is 0 Å². The fourth-order valence-electron chi connectivity index (χ4n) is 2.26. The van der Waals surface area contributed by atoms with Gasteiger partial charge >= 0.3 is 0 Å². The highest BCUT2D eigenvalue weighted by Gasteiger charge is 2.50. The molecule has 2 saturated carbocycles. The lowest BCUT2D eigenvalue weighted by Gasteiger charge is -2.33. The molecule has 0 bridgehead atoms. The van der Waals surface area contributed by atoms with Crippen molar-refractivity contribution in [2.24, 2.45) is 11.1 Å². The first-order valence-corrected chi connectivity index (χ1v) is 5.64. The minimum Gasteiger partial charge on any atom is -0.337 e. The van der Waals surface area contributed by atoms with E-state index in [1.807, 2.05) is 0 Å². The quantitative estimate of drug-likeness (QED) is 0.804. The summed E-state index contributed by atoms with van der Waals surface area (Å²) in [5.41, 5.74) is 6.16. The van der Waals surface area contributed by atoms with Gasteiger partial charge in [0.25, 0.3) is 0 Å². The van der Waals surface area contributed by atoms with Gasteiger partial charge in [0.2, 0.25) is 5.89 Å². The Kier molecular flexibility index (Phi) is 1.63. The maximum absolute atomic E-state index is 6.13. The molecular formula is C11H17N3O. The van der Waals surface area contributed by atoms with Crippen molar-refractivity contribution in [3.05, 3.63) is 11.7 Å². The molecule has 0 saturated heterocycles. The number of hydrogen-bond acceptors (Lipinski definition) is 4. The van der Waals surface area contributed by atoms with Crippen molar-refractivity contribution >= 4 is 0 Å².